The Labute approximate surface area is 239 Å². The molecule has 1 aromatic heterocycles. The maximum Gasteiger partial charge on any atom is 0.341 e. The quantitative estimate of drug-likeness (QED) is 0.195. The molecule has 4 rings (SSSR count). The van der Waals surface area contributed by atoms with E-state index >= 15 is 0 Å². The molecule has 0 saturated heterocycles. The fourth-order valence-electron chi connectivity index (χ4n) is 4.06. The van der Waals surface area contributed by atoms with Crippen molar-refractivity contribution in [1.29, 1.82) is 0 Å². The molecule has 38 heavy (non-hydrogen) atoms. The van der Waals surface area contributed by atoms with Crippen LogP contribution in [0.2, 0.25) is 10.0 Å². The van der Waals surface area contributed by atoms with Gasteiger partial charge in [-0.25, -0.2) is 9.78 Å². The third kappa shape index (κ3) is 7.08. The van der Waals surface area contributed by atoms with Gasteiger partial charge in [-0.15, -0.1) is 12.4 Å². The first-order valence-corrected chi connectivity index (χ1v) is 12.9. The number of hydrogen-bond donors (Lipinski definition) is 1. The molecule has 0 aliphatic rings. The van der Waals surface area contributed by atoms with Gasteiger partial charge >= 0.3 is 5.97 Å². The van der Waals surface area contributed by atoms with Crippen LogP contribution in [0.4, 0.5) is 0 Å². The van der Waals surface area contributed by atoms with Crippen LogP contribution < -0.4 is 10.5 Å². The molecule has 9 heteroatoms. The molecule has 6 nitrogen and oxygen atoms in total. The average molecular weight is 575 g/mol. The second-order valence-electron chi connectivity index (χ2n) is 8.70. The lowest BCUT2D eigenvalue weighted by Crippen LogP contribution is -2.19. The monoisotopic (exact) mass is 573 g/mol. The van der Waals surface area contributed by atoms with Crippen LogP contribution in [0, 0.1) is 0 Å². The number of imidazole rings is 1. The standard InChI is InChI=1S/C29H29Cl2N3O3.ClH/c1-3-4-15-34-18-26(22-14-11-20(30)17-24(22)31)33-28(34)25(32)16-19-9-12-21(13-10-19)37-27-8-6-5-7-23(27)29(35)36-2;/h5-14,17-18,25H,3-4,15-16,32H2,1-2H3;1H/t25-;/m0./s1. The van der Waals surface area contributed by atoms with Crippen LogP contribution in [0.15, 0.2) is 72.9 Å². The number of unbranched alkanes of at least 4 members (excludes halogenated alkanes) is 1. The van der Waals surface area contributed by atoms with E-state index in [-0.39, 0.29) is 18.4 Å². The van der Waals surface area contributed by atoms with Crippen LogP contribution in [0.5, 0.6) is 11.5 Å². The zero-order chi connectivity index (χ0) is 26.4. The number of nitrogens with zero attached hydrogens (tertiary/aromatic N) is 2. The Bertz CT molecular complexity index is 1370. The molecule has 1 atom stereocenters. The van der Waals surface area contributed by atoms with E-state index in [9.17, 15) is 4.79 Å². The number of carbonyl (C=O) groups excluding carboxylic acids is 1. The van der Waals surface area contributed by atoms with E-state index in [0.29, 0.717) is 33.5 Å². The summed E-state index contributed by atoms with van der Waals surface area (Å²) in [5, 5.41) is 1.13. The van der Waals surface area contributed by atoms with Gasteiger partial charge in [-0.1, -0.05) is 60.8 Å². The highest BCUT2D eigenvalue weighted by Crippen LogP contribution is 2.32. The topological polar surface area (TPSA) is 79.4 Å². The fourth-order valence-corrected chi connectivity index (χ4v) is 4.57. The molecule has 0 radical (unpaired) electrons. The van der Waals surface area contributed by atoms with Crippen LogP contribution in [0.25, 0.3) is 11.3 Å². The van der Waals surface area contributed by atoms with Gasteiger partial charge in [0.05, 0.1) is 23.9 Å². The maximum atomic E-state index is 12.0. The van der Waals surface area contributed by atoms with Gasteiger partial charge in [0.1, 0.15) is 22.9 Å². The highest BCUT2D eigenvalue weighted by Gasteiger charge is 2.19. The number of ether oxygens (including phenoxy) is 2. The highest BCUT2D eigenvalue weighted by atomic mass is 35.5. The average Bonchev–Trinajstić information content (AvgIpc) is 3.32. The van der Waals surface area contributed by atoms with Crippen molar-refractivity contribution < 1.29 is 14.3 Å². The summed E-state index contributed by atoms with van der Waals surface area (Å²) < 4.78 is 12.9. The summed E-state index contributed by atoms with van der Waals surface area (Å²) in [4.78, 5) is 16.9. The van der Waals surface area contributed by atoms with Gasteiger partial charge in [-0.3, -0.25) is 0 Å². The Morgan fingerprint density at radius 1 is 1.08 bits per heavy atom. The predicted octanol–water partition coefficient (Wildman–Crippen LogP) is 7.90. The largest absolute Gasteiger partial charge is 0.465 e. The Kier molecular flexibility index (Phi) is 10.6. The lowest BCUT2D eigenvalue weighted by molar-refractivity contribution is 0.0598. The van der Waals surface area contributed by atoms with Gasteiger partial charge in [-0.2, -0.15) is 0 Å². The second-order valence-corrected chi connectivity index (χ2v) is 9.54. The first-order chi connectivity index (χ1) is 17.9. The lowest BCUT2D eigenvalue weighted by atomic mass is 10.1. The predicted molar refractivity (Wildman–Crippen MR) is 155 cm³/mol. The van der Waals surface area contributed by atoms with E-state index in [2.05, 4.69) is 11.5 Å². The minimum absolute atomic E-state index is 0. The van der Waals surface area contributed by atoms with Gasteiger partial charge < -0.3 is 19.8 Å². The van der Waals surface area contributed by atoms with Crippen molar-refractivity contribution in [2.24, 2.45) is 5.73 Å². The SMILES string of the molecule is CCCCn1cc(-c2ccc(Cl)cc2Cl)nc1[C@@H](N)Cc1ccc(Oc2ccccc2C(=O)OC)cc1.Cl. The fraction of sp³-hybridized carbons (Fsp3) is 0.241. The third-order valence-corrected chi connectivity index (χ3v) is 6.55. The number of carbonyl (C=O) groups is 1. The molecule has 0 bridgehead atoms. The van der Waals surface area contributed by atoms with Gasteiger partial charge in [-0.05, 0) is 60.9 Å². The van der Waals surface area contributed by atoms with Crippen molar-refractivity contribution in [3.8, 4) is 22.8 Å². The minimum atomic E-state index is -0.448. The smallest absolute Gasteiger partial charge is 0.341 e. The van der Waals surface area contributed by atoms with E-state index in [1.54, 1.807) is 36.4 Å². The molecule has 0 aliphatic heterocycles. The third-order valence-electron chi connectivity index (χ3n) is 6.00. The molecular formula is C29H30Cl3N3O3. The molecule has 0 spiro atoms. The molecule has 0 aliphatic carbocycles. The van der Waals surface area contributed by atoms with Crippen molar-refractivity contribution in [3.05, 3.63) is 99.9 Å². The first kappa shape index (κ1) is 29.5. The lowest BCUT2D eigenvalue weighted by Gasteiger charge is -2.15. The first-order valence-electron chi connectivity index (χ1n) is 12.1. The zero-order valence-corrected chi connectivity index (χ0v) is 23.5. The van der Waals surface area contributed by atoms with Crippen molar-refractivity contribution in [2.45, 2.75) is 38.8 Å². The molecule has 3 aromatic carbocycles. The number of aryl methyl sites for hydroxylation is 1. The number of benzene rings is 3. The van der Waals surface area contributed by atoms with Crippen LogP contribution in [0.3, 0.4) is 0 Å². The van der Waals surface area contributed by atoms with E-state index in [0.717, 1.165) is 42.0 Å². The normalized spacial score (nSPS) is 11.5. The van der Waals surface area contributed by atoms with E-state index < -0.39 is 5.97 Å². The van der Waals surface area contributed by atoms with Crippen LogP contribution in [-0.4, -0.2) is 22.6 Å². The van der Waals surface area contributed by atoms with Gasteiger partial charge in [0.2, 0.25) is 0 Å². The summed E-state index contributed by atoms with van der Waals surface area (Å²) in [5.74, 6) is 1.40. The van der Waals surface area contributed by atoms with Crippen molar-refractivity contribution >= 4 is 41.6 Å². The molecule has 1 heterocycles. The molecule has 0 unspecified atom stereocenters. The maximum absolute atomic E-state index is 12.0. The minimum Gasteiger partial charge on any atom is -0.465 e. The summed E-state index contributed by atoms with van der Waals surface area (Å²) >= 11 is 12.5. The Balaban J connectivity index is 0.00000400. The number of halogens is 3. The number of hydrogen-bond acceptors (Lipinski definition) is 5. The summed E-state index contributed by atoms with van der Waals surface area (Å²) in [6, 6.07) is 19.7. The molecule has 2 N–H and O–H groups in total. The van der Waals surface area contributed by atoms with Crippen molar-refractivity contribution in [1.82, 2.24) is 9.55 Å². The summed E-state index contributed by atoms with van der Waals surface area (Å²) in [5.41, 5.74) is 9.67. The Morgan fingerprint density at radius 2 is 1.82 bits per heavy atom. The van der Waals surface area contributed by atoms with Crippen LogP contribution >= 0.6 is 35.6 Å². The molecule has 0 fully saturated rings. The number of nitrogens with two attached hydrogens (primary N) is 1. The number of esters is 1. The van der Waals surface area contributed by atoms with E-state index in [4.69, 9.17) is 43.4 Å². The molecular weight excluding hydrogens is 545 g/mol. The van der Waals surface area contributed by atoms with Gasteiger partial charge in [0, 0.05) is 23.3 Å². The number of rotatable bonds is 10. The zero-order valence-electron chi connectivity index (χ0n) is 21.2. The van der Waals surface area contributed by atoms with Crippen molar-refractivity contribution in [3.63, 3.8) is 0 Å². The Morgan fingerprint density at radius 3 is 2.50 bits per heavy atom. The highest BCUT2D eigenvalue weighted by molar-refractivity contribution is 6.36. The summed E-state index contributed by atoms with van der Waals surface area (Å²) in [7, 11) is 1.34. The van der Waals surface area contributed by atoms with Gasteiger partial charge in [0.25, 0.3) is 0 Å². The molecule has 4 aromatic rings. The van der Waals surface area contributed by atoms with Crippen LogP contribution in [-0.2, 0) is 17.7 Å². The number of aromatic nitrogens is 2. The number of methoxy groups -OCH3 is 1. The summed E-state index contributed by atoms with van der Waals surface area (Å²) in [6.07, 6.45) is 4.68. The van der Waals surface area contributed by atoms with Gasteiger partial charge in [0.15, 0.2) is 0 Å². The Hall–Kier alpha value is -3.03. The van der Waals surface area contributed by atoms with Crippen LogP contribution in [0.1, 0.15) is 47.6 Å². The van der Waals surface area contributed by atoms with E-state index in [1.165, 1.54) is 7.11 Å². The van der Waals surface area contributed by atoms with E-state index in [1.807, 2.05) is 36.5 Å². The summed E-state index contributed by atoms with van der Waals surface area (Å²) in [6.45, 7) is 2.98. The molecule has 200 valence electrons. The molecule has 0 amide bonds. The van der Waals surface area contributed by atoms with Crippen molar-refractivity contribution in [2.75, 3.05) is 7.11 Å². The number of para-hydroxylation sites is 1. The molecule has 0 saturated carbocycles. The second kappa shape index (κ2) is 13.7.